The highest BCUT2D eigenvalue weighted by Crippen LogP contribution is 2.32. The molecule has 0 spiro atoms. The van der Waals surface area contributed by atoms with Crippen LogP contribution >= 0.6 is 0 Å². The summed E-state index contributed by atoms with van der Waals surface area (Å²) >= 11 is 0. The van der Waals surface area contributed by atoms with Gasteiger partial charge in [-0.1, -0.05) is 80.1 Å². The maximum atomic E-state index is 14.2. The number of phenols is 1. The lowest BCUT2D eigenvalue weighted by atomic mass is 9.87. The van der Waals surface area contributed by atoms with E-state index in [4.69, 9.17) is 0 Å². The van der Waals surface area contributed by atoms with Gasteiger partial charge in [0.05, 0.1) is 0 Å². The third-order valence-electron chi connectivity index (χ3n) is 7.81. The van der Waals surface area contributed by atoms with Gasteiger partial charge in [0.15, 0.2) is 0 Å². The van der Waals surface area contributed by atoms with Crippen LogP contribution in [0, 0.1) is 0 Å². The molecule has 1 saturated heterocycles. The van der Waals surface area contributed by atoms with Crippen LogP contribution in [0.15, 0.2) is 78.9 Å². The molecule has 3 aromatic rings. The van der Waals surface area contributed by atoms with Crippen molar-refractivity contribution in [2.75, 3.05) is 6.54 Å². The van der Waals surface area contributed by atoms with E-state index in [1.807, 2.05) is 73.7 Å². The molecule has 0 saturated carbocycles. The van der Waals surface area contributed by atoms with Crippen LogP contribution in [-0.4, -0.2) is 57.3 Å². The van der Waals surface area contributed by atoms with Crippen molar-refractivity contribution in [3.05, 3.63) is 101 Å². The SMILES string of the molecule is CCCC(C(=O)NCCc1ccc(O)cc1)N1C(=O)C2Cc3ccccc3CN2C(=O)C1Cc1ccccc1. The number of amides is 3. The molecule has 1 fully saturated rings. The summed E-state index contributed by atoms with van der Waals surface area (Å²) in [6.45, 7) is 2.79. The Morgan fingerprint density at radius 3 is 2.33 bits per heavy atom. The molecule has 2 N–H and O–H groups in total. The highest BCUT2D eigenvalue weighted by Gasteiger charge is 2.50. The molecule has 3 unspecified atom stereocenters. The van der Waals surface area contributed by atoms with Crippen molar-refractivity contribution in [1.29, 1.82) is 0 Å². The zero-order valence-corrected chi connectivity index (χ0v) is 22.3. The predicted molar refractivity (Wildman–Crippen MR) is 149 cm³/mol. The van der Waals surface area contributed by atoms with Gasteiger partial charge in [0.25, 0.3) is 0 Å². The molecular weight excluding hydrogens is 490 g/mol. The molecule has 39 heavy (non-hydrogen) atoms. The number of carbonyl (C=O) groups is 3. The van der Waals surface area contributed by atoms with E-state index in [0.717, 1.165) is 22.3 Å². The van der Waals surface area contributed by atoms with Gasteiger partial charge < -0.3 is 20.2 Å². The van der Waals surface area contributed by atoms with Gasteiger partial charge in [-0.2, -0.15) is 0 Å². The first-order valence-electron chi connectivity index (χ1n) is 13.7. The molecule has 2 aliphatic heterocycles. The number of hydrogen-bond donors (Lipinski definition) is 2. The number of phenolic OH excluding ortho intramolecular Hbond substituents is 1. The van der Waals surface area contributed by atoms with Gasteiger partial charge in [-0.15, -0.1) is 0 Å². The van der Waals surface area contributed by atoms with Gasteiger partial charge in [0.2, 0.25) is 17.7 Å². The molecule has 7 heteroatoms. The summed E-state index contributed by atoms with van der Waals surface area (Å²) in [5, 5.41) is 12.5. The molecule has 3 aromatic carbocycles. The summed E-state index contributed by atoms with van der Waals surface area (Å²) in [6.07, 6.45) is 2.58. The molecule has 3 amide bonds. The summed E-state index contributed by atoms with van der Waals surface area (Å²) in [5.41, 5.74) is 4.08. The Morgan fingerprint density at radius 2 is 1.62 bits per heavy atom. The summed E-state index contributed by atoms with van der Waals surface area (Å²) < 4.78 is 0. The zero-order chi connectivity index (χ0) is 27.4. The van der Waals surface area contributed by atoms with Crippen LogP contribution in [0.25, 0.3) is 0 Å². The van der Waals surface area contributed by atoms with Crippen LogP contribution in [0.3, 0.4) is 0 Å². The second kappa shape index (κ2) is 11.7. The van der Waals surface area contributed by atoms with Crippen molar-refractivity contribution in [2.45, 2.75) is 63.7 Å². The molecule has 0 bridgehead atoms. The normalized spacial score (nSPS) is 19.3. The average molecular weight is 526 g/mol. The number of nitrogens with zero attached hydrogens (tertiary/aromatic N) is 2. The first-order chi connectivity index (χ1) is 19.0. The van der Waals surface area contributed by atoms with E-state index in [1.165, 1.54) is 0 Å². The van der Waals surface area contributed by atoms with Gasteiger partial charge in [0, 0.05) is 25.9 Å². The first-order valence-corrected chi connectivity index (χ1v) is 13.7. The lowest BCUT2D eigenvalue weighted by molar-refractivity contribution is -0.167. The molecule has 0 radical (unpaired) electrons. The fraction of sp³-hybridized carbons (Fsp3) is 0.344. The van der Waals surface area contributed by atoms with Gasteiger partial charge in [-0.05, 0) is 47.2 Å². The van der Waals surface area contributed by atoms with Crippen LogP contribution in [0.4, 0.5) is 0 Å². The van der Waals surface area contributed by atoms with Gasteiger partial charge in [-0.3, -0.25) is 14.4 Å². The van der Waals surface area contributed by atoms with Crippen LogP contribution in [-0.2, 0) is 40.2 Å². The number of benzene rings is 3. The van der Waals surface area contributed by atoms with E-state index in [1.54, 1.807) is 21.9 Å². The standard InChI is InChI=1S/C32H35N3O4/c1-2-8-27(30(37)33-18-17-22-13-15-26(36)16-14-22)35-29(19-23-9-4-3-5-10-23)31(38)34-21-25-12-7-6-11-24(25)20-28(34)32(35)39/h3-7,9-16,27-29,36H,2,8,17-21H2,1H3,(H,33,37). The van der Waals surface area contributed by atoms with Crippen LogP contribution in [0.2, 0.25) is 0 Å². The fourth-order valence-electron chi connectivity index (χ4n) is 5.79. The highest BCUT2D eigenvalue weighted by molar-refractivity contribution is 6.00. The van der Waals surface area contributed by atoms with Crippen LogP contribution < -0.4 is 5.32 Å². The highest BCUT2D eigenvalue weighted by atomic mass is 16.3. The van der Waals surface area contributed by atoms with E-state index < -0.39 is 18.1 Å². The number of rotatable bonds is 9. The molecule has 5 rings (SSSR count). The lowest BCUT2D eigenvalue weighted by Crippen LogP contribution is -2.70. The van der Waals surface area contributed by atoms with E-state index in [0.29, 0.717) is 45.2 Å². The minimum absolute atomic E-state index is 0.101. The number of hydrogen-bond acceptors (Lipinski definition) is 4. The summed E-state index contributed by atoms with van der Waals surface area (Å²) in [4.78, 5) is 45.2. The number of aromatic hydroxyl groups is 1. The second-order valence-electron chi connectivity index (χ2n) is 10.4. The van der Waals surface area contributed by atoms with E-state index in [-0.39, 0.29) is 23.5 Å². The Kier molecular flexibility index (Phi) is 7.96. The largest absolute Gasteiger partial charge is 0.508 e. The monoisotopic (exact) mass is 525 g/mol. The number of carbonyl (C=O) groups excluding carboxylic acids is 3. The maximum Gasteiger partial charge on any atom is 0.247 e. The first kappa shape index (κ1) is 26.5. The van der Waals surface area contributed by atoms with E-state index in [2.05, 4.69) is 5.32 Å². The number of fused-ring (bicyclic) bond motifs is 2. The van der Waals surface area contributed by atoms with Crippen molar-refractivity contribution in [3.8, 4) is 5.75 Å². The molecule has 2 aliphatic rings. The molecule has 3 atom stereocenters. The van der Waals surface area contributed by atoms with Crippen LogP contribution in [0.1, 0.15) is 42.0 Å². The topological polar surface area (TPSA) is 89.9 Å². The van der Waals surface area contributed by atoms with E-state index in [9.17, 15) is 19.5 Å². The summed E-state index contributed by atoms with van der Waals surface area (Å²) in [5.74, 6) is -0.296. The minimum Gasteiger partial charge on any atom is -0.508 e. The molecule has 7 nitrogen and oxygen atoms in total. The third-order valence-corrected chi connectivity index (χ3v) is 7.81. The number of nitrogens with one attached hydrogen (secondary N) is 1. The van der Waals surface area contributed by atoms with Gasteiger partial charge >= 0.3 is 0 Å². The van der Waals surface area contributed by atoms with Crippen molar-refractivity contribution in [1.82, 2.24) is 15.1 Å². The predicted octanol–water partition coefficient (Wildman–Crippen LogP) is 3.63. The molecule has 2 heterocycles. The fourth-order valence-corrected chi connectivity index (χ4v) is 5.79. The Hall–Kier alpha value is -4.13. The Balaban J connectivity index is 1.42. The van der Waals surface area contributed by atoms with Crippen molar-refractivity contribution >= 4 is 17.7 Å². The maximum absolute atomic E-state index is 14.2. The van der Waals surface area contributed by atoms with Crippen molar-refractivity contribution in [2.24, 2.45) is 0 Å². The van der Waals surface area contributed by atoms with E-state index >= 15 is 0 Å². The van der Waals surface area contributed by atoms with Crippen LogP contribution in [0.5, 0.6) is 5.75 Å². The minimum atomic E-state index is -0.749. The third kappa shape index (κ3) is 5.67. The Bertz CT molecular complexity index is 1320. The smallest absolute Gasteiger partial charge is 0.247 e. The molecule has 202 valence electrons. The van der Waals surface area contributed by atoms with Crippen molar-refractivity contribution in [3.63, 3.8) is 0 Å². The quantitative estimate of drug-likeness (QED) is 0.447. The molecule has 0 aromatic heterocycles. The Labute approximate surface area is 229 Å². The summed E-state index contributed by atoms with van der Waals surface area (Å²) in [6, 6.07) is 22.4. The summed E-state index contributed by atoms with van der Waals surface area (Å²) in [7, 11) is 0. The zero-order valence-electron chi connectivity index (χ0n) is 22.3. The lowest BCUT2D eigenvalue weighted by Gasteiger charge is -2.49. The number of piperazine rings is 1. The Morgan fingerprint density at radius 1 is 0.923 bits per heavy atom. The van der Waals surface area contributed by atoms with Gasteiger partial charge in [-0.25, -0.2) is 0 Å². The van der Waals surface area contributed by atoms with Gasteiger partial charge in [0.1, 0.15) is 23.9 Å². The van der Waals surface area contributed by atoms with Crippen molar-refractivity contribution < 1.29 is 19.5 Å². The second-order valence-corrected chi connectivity index (χ2v) is 10.4. The molecule has 0 aliphatic carbocycles. The average Bonchev–Trinajstić information content (AvgIpc) is 2.96. The molecular formula is C32H35N3O4.